The van der Waals surface area contributed by atoms with Crippen LogP contribution in [0.15, 0.2) is 6.07 Å². The molecule has 0 aliphatic carbocycles. The predicted molar refractivity (Wildman–Crippen MR) is 65.5 cm³/mol. The van der Waals surface area contributed by atoms with E-state index in [1.807, 2.05) is 31.5 Å². The van der Waals surface area contributed by atoms with E-state index in [9.17, 15) is 5.11 Å². The van der Waals surface area contributed by atoms with Crippen LogP contribution in [0.4, 0.5) is 0 Å². The van der Waals surface area contributed by atoms with Gasteiger partial charge >= 0.3 is 0 Å². The van der Waals surface area contributed by atoms with Crippen molar-refractivity contribution in [1.29, 1.82) is 0 Å². The molecule has 1 atom stereocenters. The lowest BCUT2D eigenvalue weighted by atomic mass is 10.0. The van der Waals surface area contributed by atoms with Gasteiger partial charge in [-0.3, -0.25) is 4.68 Å². The molecule has 0 aromatic carbocycles. The first kappa shape index (κ1) is 13.2. The summed E-state index contributed by atoms with van der Waals surface area (Å²) in [7, 11) is 0. The topological polar surface area (TPSA) is 50.1 Å². The van der Waals surface area contributed by atoms with Gasteiger partial charge in [-0.15, -0.1) is 0 Å². The summed E-state index contributed by atoms with van der Waals surface area (Å²) in [6.07, 6.45) is 0. The van der Waals surface area contributed by atoms with E-state index in [1.165, 1.54) is 0 Å². The van der Waals surface area contributed by atoms with Gasteiger partial charge in [0, 0.05) is 11.7 Å². The fraction of sp³-hybridized carbons (Fsp3) is 0.750. The van der Waals surface area contributed by atoms with Gasteiger partial charge in [-0.1, -0.05) is 13.8 Å². The zero-order valence-corrected chi connectivity index (χ0v) is 10.9. The summed E-state index contributed by atoms with van der Waals surface area (Å²) in [4.78, 5) is 0. The van der Waals surface area contributed by atoms with Crippen molar-refractivity contribution in [3.05, 3.63) is 17.5 Å². The molecule has 0 fully saturated rings. The number of nitrogens with zero attached hydrogens (tertiary/aromatic N) is 2. The molecule has 4 heteroatoms. The zero-order valence-electron chi connectivity index (χ0n) is 10.9. The minimum atomic E-state index is -0.322. The quantitative estimate of drug-likeness (QED) is 0.793. The van der Waals surface area contributed by atoms with Crippen LogP contribution < -0.4 is 5.32 Å². The number of hydrogen-bond donors (Lipinski definition) is 2. The summed E-state index contributed by atoms with van der Waals surface area (Å²) < 4.78 is 1.95. The maximum absolute atomic E-state index is 9.49. The third-order valence-corrected chi connectivity index (χ3v) is 2.59. The van der Waals surface area contributed by atoms with Gasteiger partial charge < -0.3 is 10.4 Å². The molecule has 4 nitrogen and oxygen atoms in total. The number of rotatable bonds is 5. The molecular weight excluding hydrogens is 202 g/mol. The van der Waals surface area contributed by atoms with Crippen molar-refractivity contribution in [2.75, 3.05) is 6.61 Å². The third-order valence-electron chi connectivity index (χ3n) is 2.59. The highest BCUT2D eigenvalue weighted by Crippen LogP contribution is 2.11. The fourth-order valence-corrected chi connectivity index (χ4v) is 2.00. The maximum atomic E-state index is 9.49. The number of aliphatic hydroxyl groups is 1. The van der Waals surface area contributed by atoms with Gasteiger partial charge in [0.05, 0.1) is 24.4 Å². The van der Waals surface area contributed by atoms with Crippen LogP contribution in [0.2, 0.25) is 0 Å². The van der Waals surface area contributed by atoms with E-state index in [0.29, 0.717) is 12.6 Å². The molecule has 0 aliphatic rings. The predicted octanol–water partition coefficient (Wildman–Crippen LogP) is 1.25. The number of nitrogens with one attached hydrogen (secondary N) is 1. The van der Waals surface area contributed by atoms with E-state index < -0.39 is 0 Å². The molecule has 0 saturated heterocycles. The van der Waals surface area contributed by atoms with E-state index in [-0.39, 0.29) is 12.1 Å². The molecule has 1 rings (SSSR count). The van der Waals surface area contributed by atoms with Gasteiger partial charge in [0.15, 0.2) is 0 Å². The van der Waals surface area contributed by atoms with E-state index in [1.54, 1.807) is 0 Å². The van der Waals surface area contributed by atoms with Crippen LogP contribution >= 0.6 is 0 Å². The smallest absolute Gasteiger partial charge is 0.0628 e. The number of aliphatic hydroxyl groups excluding tert-OH is 1. The molecule has 1 aromatic heterocycles. The second-order valence-corrected chi connectivity index (χ2v) is 5.10. The van der Waals surface area contributed by atoms with Gasteiger partial charge in [0.2, 0.25) is 0 Å². The first-order valence-electron chi connectivity index (χ1n) is 5.76. The average Bonchev–Trinajstić information content (AvgIpc) is 2.43. The van der Waals surface area contributed by atoms with Gasteiger partial charge in [-0.05, 0) is 26.8 Å². The molecule has 1 unspecified atom stereocenters. The van der Waals surface area contributed by atoms with Crippen LogP contribution in [-0.4, -0.2) is 33.1 Å². The summed E-state index contributed by atoms with van der Waals surface area (Å²) in [5.74, 6) is 0. The molecule has 16 heavy (non-hydrogen) atoms. The van der Waals surface area contributed by atoms with Crippen LogP contribution in [0.25, 0.3) is 0 Å². The molecule has 2 N–H and O–H groups in total. The van der Waals surface area contributed by atoms with Crippen molar-refractivity contribution in [3.63, 3.8) is 0 Å². The van der Waals surface area contributed by atoms with Crippen LogP contribution in [0.5, 0.6) is 0 Å². The Balaban J connectivity index is 2.80. The lowest BCUT2D eigenvalue weighted by Gasteiger charge is -2.31. The summed E-state index contributed by atoms with van der Waals surface area (Å²) in [6.45, 7) is 11.0. The lowest BCUT2D eigenvalue weighted by Crippen LogP contribution is -2.52. The standard InChI is InChI=1S/C12H23N3O/c1-9(2)13-12(5,8-16)7-15-11(4)6-10(3)14-15/h6,9,13,16H,7-8H2,1-5H3. The lowest BCUT2D eigenvalue weighted by molar-refractivity contribution is 0.144. The third kappa shape index (κ3) is 3.32. The van der Waals surface area contributed by atoms with E-state index >= 15 is 0 Å². The van der Waals surface area contributed by atoms with Crippen LogP contribution in [0.3, 0.4) is 0 Å². The highest BCUT2D eigenvalue weighted by Gasteiger charge is 2.25. The summed E-state index contributed by atoms with van der Waals surface area (Å²) in [5.41, 5.74) is 1.82. The number of aryl methyl sites for hydroxylation is 2. The minimum Gasteiger partial charge on any atom is -0.394 e. The largest absolute Gasteiger partial charge is 0.394 e. The molecule has 0 spiro atoms. The first-order valence-corrected chi connectivity index (χ1v) is 5.76. The van der Waals surface area contributed by atoms with Gasteiger partial charge in [0.25, 0.3) is 0 Å². The van der Waals surface area contributed by atoms with Crippen LogP contribution in [-0.2, 0) is 6.54 Å². The van der Waals surface area contributed by atoms with Crippen molar-refractivity contribution in [2.45, 2.75) is 52.7 Å². The van der Waals surface area contributed by atoms with Crippen molar-refractivity contribution in [3.8, 4) is 0 Å². The normalized spacial score (nSPS) is 15.4. The van der Waals surface area contributed by atoms with Crippen LogP contribution in [0, 0.1) is 13.8 Å². The first-order chi connectivity index (χ1) is 7.36. The summed E-state index contributed by atoms with van der Waals surface area (Å²) in [6, 6.07) is 2.39. The molecule has 0 amide bonds. The molecule has 0 radical (unpaired) electrons. The molecule has 0 aliphatic heterocycles. The maximum Gasteiger partial charge on any atom is 0.0628 e. The highest BCUT2D eigenvalue weighted by atomic mass is 16.3. The van der Waals surface area contributed by atoms with Gasteiger partial charge in [-0.2, -0.15) is 5.10 Å². The number of hydrogen-bond acceptors (Lipinski definition) is 3. The summed E-state index contributed by atoms with van der Waals surface area (Å²) in [5, 5.41) is 17.3. The molecule has 0 bridgehead atoms. The van der Waals surface area contributed by atoms with Crippen molar-refractivity contribution >= 4 is 0 Å². The Labute approximate surface area is 97.7 Å². The highest BCUT2D eigenvalue weighted by molar-refractivity contribution is 5.07. The Morgan fingerprint density at radius 3 is 2.50 bits per heavy atom. The van der Waals surface area contributed by atoms with Crippen molar-refractivity contribution < 1.29 is 5.11 Å². The van der Waals surface area contributed by atoms with Crippen molar-refractivity contribution in [2.24, 2.45) is 0 Å². The Morgan fingerprint density at radius 2 is 2.12 bits per heavy atom. The van der Waals surface area contributed by atoms with E-state index in [0.717, 1.165) is 11.4 Å². The van der Waals surface area contributed by atoms with Gasteiger partial charge in [-0.25, -0.2) is 0 Å². The molecule has 1 aromatic rings. The van der Waals surface area contributed by atoms with Crippen LogP contribution in [0.1, 0.15) is 32.2 Å². The second kappa shape index (κ2) is 4.97. The van der Waals surface area contributed by atoms with Gasteiger partial charge in [0.1, 0.15) is 0 Å². The molecular formula is C12H23N3O. The fourth-order valence-electron chi connectivity index (χ4n) is 2.00. The monoisotopic (exact) mass is 225 g/mol. The Kier molecular flexibility index (Phi) is 4.10. The zero-order chi connectivity index (χ0) is 12.3. The molecule has 92 valence electrons. The second-order valence-electron chi connectivity index (χ2n) is 5.10. The van der Waals surface area contributed by atoms with Crippen molar-refractivity contribution in [1.82, 2.24) is 15.1 Å². The van der Waals surface area contributed by atoms with E-state index in [2.05, 4.69) is 24.3 Å². The Bertz CT molecular complexity index is 346. The summed E-state index contributed by atoms with van der Waals surface area (Å²) >= 11 is 0. The molecule has 0 saturated carbocycles. The Hall–Kier alpha value is -0.870. The molecule has 1 heterocycles. The minimum absolute atomic E-state index is 0.101. The number of aromatic nitrogens is 2. The van der Waals surface area contributed by atoms with E-state index in [4.69, 9.17) is 0 Å². The Morgan fingerprint density at radius 1 is 1.50 bits per heavy atom. The SMILES string of the molecule is Cc1cc(C)n(CC(C)(CO)NC(C)C)n1. The average molecular weight is 225 g/mol.